The van der Waals surface area contributed by atoms with Crippen molar-refractivity contribution in [3.8, 4) is 18.1 Å². The van der Waals surface area contributed by atoms with Crippen molar-refractivity contribution >= 4 is 10.9 Å². The van der Waals surface area contributed by atoms with E-state index in [9.17, 15) is 0 Å². The van der Waals surface area contributed by atoms with E-state index in [4.69, 9.17) is 11.2 Å². The average Bonchev–Trinajstić information content (AvgIpc) is 2.44. The second-order valence-corrected chi connectivity index (χ2v) is 4.52. The Morgan fingerprint density at radius 3 is 2.95 bits per heavy atom. The fraction of sp³-hybridized carbons (Fsp3) is 0.312. The topological polar surface area (TPSA) is 34.1 Å². The fourth-order valence-electron chi connectivity index (χ4n) is 1.95. The van der Waals surface area contributed by atoms with E-state index in [1.165, 1.54) is 0 Å². The van der Waals surface area contributed by atoms with Gasteiger partial charge in [0, 0.05) is 24.4 Å². The minimum Gasteiger partial charge on any atom is -0.494 e. The van der Waals surface area contributed by atoms with Gasteiger partial charge in [-0.3, -0.25) is 0 Å². The van der Waals surface area contributed by atoms with Gasteiger partial charge in [-0.05, 0) is 19.1 Å². The minimum absolute atomic E-state index is 0.292. The third-order valence-electron chi connectivity index (χ3n) is 3.02. The first-order valence-corrected chi connectivity index (χ1v) is 6.34. The van der Waals surface area contributed by atoms with Crippen LogP contribution in [0.3, 0.4) is 0 Å². The summed E-state index contributed by atoms with van der Waals surface area (Å²) in [6, 6.07) is 10.3. The molecule has 0 saturated carbocycles. The number of hydrogen-bond acceptors (Lipinski definition) is 3. The van der Waals surface area contributed by atoms with Gasteiger partial charge in [0.05, 0.1) is 12.8 Å². The van der Waals surface area contributed by atoms with Gasteiger partial charge in [0.1, 0.15) is 11.3 Å². The molecule has 0 bridgehead atoms. The molecule has 0 aliphatic heterocycles. The lowest BCUT2D eigenvalue weighted by Gasteiger charge is -2.11. The van der Waals surface area contributed by atoms with Gasteiger partial charge in [0.25, 0.3) is 0 Å². The van der Waals surface area contributed by atoms with Crippen LogP contribution in [0, 0.1) is 12.3 Å². The quantitative estimate of drug-likeness (QED) is 0.833. The first-order chi connectivity index (χ1) is 9.24. The highest BCUT2D eigenvalue weighted by molar-refractivity contribution is 5.84. The van der Waals surface area contributed by atoms with Crippen molar-refractivity contribution in [2.24, 2.45) is 0 Å². The molecule has 0 spiro atoms. The summed E-state index contributed by atoms with van der Waals surface area (Å²) in [5.41, 5.74) is 1.88. The van der Waals surface area contributed by atoms with Crippen LogP contribution in [0.4, 0.5) is 0 Å². The maximum Gasteiger partial charge on any atom is 0.145 e. The zero-order chi connectivity index (χ0) is 13.7. The van der Waals surface area contributed by atoms with Gasteiger partial charge in [-0.1, -0.05) is 18.2 Å². The zero-order valence-corrected chi connectivity index (χ0v) is 11.3. The number of terminal acetylenes is 1. The van der Waals surface area contributed by atoms with E-state index < -0.39 is 0 Å². The Morgan fingerprint density at radius 1 is 1.37 bits per heavy atom. The van der Waals surface area contributed by atoms with Crippen LogP contribution in [0.15, 0.2) is 30.3 Å². The predicted octanol–water partition coefficient (Wildman–Crippen LogP) is 2.74. The number of benzene rings is 1. The molecule has 1 N–H and O–H groups in total. The van der Waals surface area contributed by atoms with Gasteiger partial charge in [-0.2, -0.15) is 0 Å². The fourth-order valence-corrected chi connectivity index (χ4v) is 1.95. The molecule has 0 fully saturated rings. The van der Waals surface area contributed by atoms with E-state index in [2.05, 4.69) is 29.2 Å². The van der Waals surface area contributed by atoms with Gasteiger partial charge in [-0.25, -0.2) is 4.98 Å². The highest BCUT2D eigenvalue weighted by atomic mass is 16.5. The first-order valence-electron chi connectivity index (χ1n) is 6.34. The van der Waals surface area contributed by atoms with Gasteiger partial charge < -0.3 is 10.1 Å². The van der Waals surface area contributed by atoms with E-state index >= 15 is 0 Å². The number of ether oxygens (including phenoxy) is 1. The normalized spacial score (nSPS) is 12.1. The van der Waals surface area contributed by atoms with Crippen LogP contribution in [0.1, 0.15) is 19.0 Å². The van der Waals surface area contributed by atoms with Gasteiger partial charge >= 0.3 is 0 Å². The van der Waals surface area contributed by atoms with Crippen LogP contribution in [0.25, 0.3) is 10.9 Å². The van der Waals surface area contributed by atoms with E-state index in [-0.39, 0.29) is 0 Å². The molecule has 1 aromatic heterocycles. The van der Waals surface area contributed by atoms with Crippen LogP contribution in [-0.2, 0) is 6.54 Å². The Bertz CT molecular complexity index is 601. The van der Waals surface area contributed by atoms with Crippen molar-refractivity contribution in [3.63, 3.8) is 0 Å². The molecule has 2 aromatic rings. The summed E-state index contributed by atoms with van der Waals surface area (Å²) in [5, 5.41) is 4.44. The van der Waals surface area contributed by atoms with Crippen LogP contribution in [-0.4, -0.2) is 18.1 Å². The summed E-state index contributed by atoms with van der Waals surface area (Å²) in [4.78, 5) is 4.64. The van der Waals surface area contributed by atoms with Crippen LogP contribution >= 0.6 is 0 Å². The molecule has 98 valence electrons. The van der Waals surface area contributed by atoms with Gasteiger partial charge in [-0.15, -0.1) is 12.3 Å². The van der Waals surface area contributed by atoms with Crippen molar-refractivity contribution < 1.29 is 4.74 Å². The second kappa shape index (κ2) is 6.21. The van der Waals surface area contributed by atoms with Crippen molar-refractivity contribution in [2.75, 3.05) is 7.11 Å². The molecule has 19 heavy (non-hydrogen) atoms. The molecule has 1 unspecified atom stereocenters. The molecule has 0 saturated heterocycles. The number of pyridine rings is 1. The molecule has 0 aliphatic rings. The summed E-state index contributed by atoms with van der Waals surface area (Å²) >= 11 is 0. The van der Waals surface area contributed by atoms with E-state index in [0.717, 1.165) is 28.8 Å². The smallest absolute Gasteiger partial charge is 0.145 e. The Morgan fingerprint density at radius 2 is 2.21 bits per heavy atom. The Balaban J connectivity index is 2.19. The number of nitrogens with one attached hydrogen (secondary N) is 1. The summed E-state index contributed by atoms with van der Waals surface area (Å²) < 4.78 is 5.34. The molecule has 1 aromatic carbocycles. The molecule has 0 amide bonds. The summed E-state index contributed by atoms with van der Waals surface area (Å²) in [6.07, 6.45) is 6.01. The van der Waals surface area contributed by atoms with E-state index in [0.29, 0.717) is 12.6 Å². The number of nitrogens with zero attached hydrogens (tertiary/aromatic N) is 1. The second-order valence-electron chi connectivity index (χ2n) is 4.52. The predicted molar refractivity (Wildman–Crippen MR) is 78.0 cm³/mol. The number of hydrogen-bond donors (Lipinski definition) is 1. The summed E-state index contributed by atoms with van der Waals surface area (Å²) in [5.74, 6) is 3.45. The third kappa shape index (κ3) is 3.24. The summed E-state index contributed by atoms with van der Waals surface area (Å²) in [6.45, 7) is 2.78. The van der Waals surface area contributed by atoms with Crippen molar-refractivity contribution in [1.29, 1.82) is 0 Å². The van der Waals surface area contributed by atoms with Crippen LogP contribution < -0.4 is 10.1 Å². The third-order valence-corrected chi connectivity index (χ3v) is 3.02. The number of para-hydroxylation sites is 1. The van der Waals surface area contributed by atoms with E-state index in [1.54, 1.807) is 7.11 Å². The first kappa shape index (κ1) is 13.4. The minimum atomic E-state index is 0.292. The lowest BCUT2D eigenvalue weighted by Crippen LogP contribution is -2.25. The van der Waals surface area contributed by atoms with Gasteiger partial charge in [0.15, 0.2) is 0 Å². The average molecular weight is 254 g/mol. The molecular formula is C16H18N2O. The van der Waals surface area contributed by atoms with E-state index in [1.807, 2.05) is 24.3 Å². The standard InChI is InChI=1S/C16H18N2O/c1-4-6-12(2)17-11-14-10-9-13-7-5-8-15(19-3)16(13)18-14/h1,5,7-10,12,17H,6,11H2,2-3H3. The Hall–Kier alpha value is -2.05. The molecule has 2 rings (SSSR count). The lowest BCUT2D eigenvalue weighted by molar-refractivity contribution is 0.418. The van der Waals surface area contributed by atoms with Crippen molar-refractivity contribution in [3.05, 3.63) is 36.0 Å². The zero-order valence-electron chi connectivity index (χ0n) is 11.3. The molecular weight excluding hydrogens is 236 g/mol. The Labute approximate surface area is 114 Å². The van der Waals surface area contributed by atoms with Crippen molar-refractivity contribution in [2.45, 2.75) is 25.9 Å². The maximum atomic E-state index is 5.34. The number of rotatable bonds is 5. The highest BCUT2D eigenvalue weighted by Gasteiger charge is 2.05. The number of aromatic nitrogens is 1. The molecule has 3 nitrogen and oxygen atoms in total. The number of fused-ring (bicyclic) bond motifs is 1. The molecule has 0 radical (unpaired) electrons. The monoisotopic (exact) mass is 254 g/mol. The molecule has 0 aliphatic carbocycles. The van der Waals surface area contributed by atoms with Gasteiger partial charge in [0.2, 0.25) is 0 Å². The molecule has 1 atom stereocenters. The lowest BCUT2D eigenvalue weighted by atomic mass is 10.2. The largest absolute Gasteiger partial charge is 0.494 e. The summed E-state index contributed by atoms with van der Waals surface area (Å²) in [7, 11) is 1.66. The SMILES string of the molecule is C#CCC(C)NCc1ccc2cccc(OC)c2n1. The van der Waals surface area contributed by atoms with Crippen LogP contribution in [0.5, 0.6) is 5.75 Å². The maximum absolute atomic E-state index is 5.34. The molecule has 1 heterocycles. The number of methoxy groups -OCH3 is 1. The highest BCUT2D eigenvalue weighted by Crippen LogP contribution is 2.23. The van der Waals surface area contributed by atoms with Crippen LogP contribution in [0.2, 0.25) is 0 Å². The molecule has 3 heteroatoms. The van der Waals surface area contributed by atoms with Crippen molar-refractivity contribution in [1.82, 2.24) is 10.3 Å². The Kier molecular flexibility index (Phi) is 4.38.